The first kappa shape index (κ1) is 13.9. The van der Waals surface area contributed by atoms with Gasteiger partial charge in [-0.3, -0.25) is 4.90 Å². The Morgan fingerprint density at radius 3 is 2.64 bits per heavy atom. The molecule has 3 N–H and O–H groups in total. The van der Waals surface area contributed by atoms with Gasteiger partial charge in [0, 0.05) is 10.8 Å². The fraction of sp³-hybridized carbons (Fsp3) is 0.125. The largest absolute Gasteiger partial charge is 0.507 e. The highest BCUT2D eigenvalue weighted by Gasteiger charge is 2.34. The molecule has 1 heterocycles. The number of anilines is 1. The van der Waals surface area contributed by atoms with Crippen LogP contribution in [0.3, 0.4) is 0 Å². The summed E-state index contributed by atoms with van der Waals surface area (Å²) in [5, 5.41) is 22.9. The fourth-order valence-corrected chi connectivity index (χ4v) is 2.60. The van der Waals surface area contributed by atoms with Crippen molar-refractivity contribution in [1.29, 1.82) is 0 Å². The Bertz CT molecular complexity index is 800. The van der Waals surface area contributed by atoms with Gasteiger partial charge in [0.05, 0.1) is 23.8 Å². The molecule has 0 aliphatic carbocycles. The van der Waals surface area contributed by atoms with Gasteiger partial charge < -0.3 is 15.5 Å². The lowest BCUT2D eigenvalue weighted by Gasteiger charge is -2.17. The standard InChI is InChI=1S/C16H14N2O4/c1-9(15(20)21)12-8-18(16(22)17-12)13-6-2-5-11-10(13)4-3-7-14(11)19/h2-7,12,19H,1,8H2,(H,17,22)(H,20,21). The van der Waals surface area contributed by atoms with Crippen molar-refractivity contribution in [3.8, 4) is 5.75 Å². The number of nitrogens with one attached hydrogen (secondary N) is 1. The van der Waals surface area contributed by atoms with E-state index in [9.17, 15) is 14.7 Å². The SMILES string of the molecule is C=C(C(=O)O)C1CN(c2cccc3c(O)cccc23)C(=O)N1. The lowest BCUT2D eigenvalue weighted by atomic mass is 10.1. The summed E-state index contributed by atoms with van der Waals surface area (Å²) in [5.41, 5.74) is 0.561. The van der Waals surface area contributed by atoms with Gasteiger partial charge in [-0.05, 0) is 12.1 Å². The number of carboxylic acids is 1. The van der Waals surface area contributed by atoms with Gasteiger partial charge in [0.2, 0.25) is 0 Å². The molecule has 6 heteroatoms. The number of hydrogen-bond acceptors (Lipinski definition) is 3. The van der Waals surface area contributed by atoms with Crippen LogP contribution in [0, 0.1) is 0 Å². The summed E-state index contributed by atoms with van der Waals surface area (Å²) in [5.74, 6) is -1.01. The highest BCUT2D eigenvalue weighted by Crippen LogP contribution is 2.33. The van der Waals surface area contributed by atoms with Gasteiger partial charge >= 0.3 is 12.0 Å². The molecule has 112 valence electrons. The normalized spacial score (nSPS) is 17.5. The average molecular weight is 298 g/mol. The van der Waals surface area contributed by atoms with E-state index < -0.39 is 12.0 Å². The zero-order chi connectivity index (χ0) is 15.9. The first-order valence-corrected chi connectivity index (χ1v) is 6.70. The number of urea groups is 1. The number of phenolic OH excluding ortho intramolecular Hbond substituents is 1. The molecule has 22 heavy (non-hydrogen) atoms. The van der Waals surface area contributed by atoms with Gasteiger partial charge in [0.1, 0.15) is 5.75 Å². The fourth-order valence-electron chi connectivity index (χ4n) is 2.60. The molecule has 6 nitrogen and oxygen atoms in total. The van der Waals surface area contributed by atoms with Crippen molar-refractivity contribution in [2.45, 2.75) is 6.04 Å². The van der Waals surface area contributed by atoms with Gasteiger partial charge in [-0.15, -0.1) is 0 Å². The molecule has 1 aliphatic rings. The van der Waals surface area contributed by atoms with Crippen LogP contribution in [0.4, 0.5) is 10.5 Å². The molecule has 2 amide bonds. The third-order valence-electron chi connectivity index (χ3n) is 3.77. The summed E-state index contributed by atoms with van der Waals surface area (Å²) in [4.78, 5) is 24.6. The molecule has 1 unspecified atom stereocenters. The summed E-state index contributed by atoms with van der Waals surface area (Å²) >= 11 is 0. The number of rotatable bonds is 3. The van der Waals surface area contributed by atoms with Gasteiger partial charge in [0.25, 0.3) is 0 Å². The van der Waals surface area contributed by atoms with Crippen LogP contribution in [0.2, 0.25) is 0 Å². The Morgan fingerprint density at radius 2 is 1.91 bits per heavy atom. The number of carboxylic acid groups (broad SMARTS) is 1. The molecule has 1 aliphatic heterocycles. The van der Waals surface area contributed by atoms with Crippen LogP contribution >= 0.6 is 0 Å². The zero-order valence-corrected chi connectivity index (χ0v) is 11.6. The highest BCUT2D eigenvalue weighted by atomic mass is 16.4. The summed E-state index contributed by atoms with van der Waals surface area (Å²) in [6, 6.07) is 9.30. The van der Waals surface area contributed by atoms with Crippen LogP contribution in [-0.2, 0) is 4.79 Å². The third-order valence-corrected chi connectivity index (χ3v) is 3.77. The van der Waals surface area contributed by atoms with E-state index in [1.54, 1.807) is 36.4 Å². The van der Waals surface area contributed by atoms with Crippen LogP contribution in [0.5, 0.6) is 5.75 Å². The maximum Gasteiger partial charge on any atom is 0.333 e. The Labute approximate surface area is 126 Å². The Balaban J connectivity index is 2.02. The molecule has 0 saturated carbocycles. The van der Waals surface area contributed by atoms with Gasteiger partial charge in [-0.2, -0.15) is 0 Å². The van der Waals surface area contributed by atoms with Crippen molar-refractivity contribution >= 4 is 28.5 Å². The van der Waals surface area contributed by atoms with Crippen molar-refractivity contribution in [3.05, 3.63) is 48.6 Å². The number of carbonyl (C=O) groups excluding carboxylic acids is 1. The maximum atomic E-state index is 12.2. The van der Waals surface area contributed by atoms with Crippen LogP contribution in [-0.4, -0.2) is 34.8 Å². The lowest BCUT2D eigenvalue weighted by Crippen LogP contribution is -2.31. The Kier molecular flexibility index (Phi) is 3.21. The van der Waals surface area contributed by atoms with Gasteiger partial charge in [-0.25, -0.2) is 9.59 Å². The van der Waals surface area contributed by atoms with Crippen LogP contribution in [0.15, 0.2) is 48.6 Å². The van der Waals surface area contributed by atoms with E-state index in [4.69, 9.17) is 5.11 Å². The molecule has 1 saturated heterocycles. The minimum atomic E-state index is -1.14. The van der Waals surface area contributed by atoms with E-state index in [1.807, 2.05) is 0 Å². The van der Waals surface area contributed by atoms with Gasteiger partial charge in [-0.1, -0.05) is 30.8 Å². The summed E-state index contributed by atoms with van der Waals surface area (Å²) in [6.45, 7) is 3.67. The topological polar surface area (TPSA) is 89.9 Å². The number of hydrogen-bond donors (Lipinski definition) is 3. The quantitative estimate of drug-likeness (QED) is 0.757. The second kappa shape index (κ2) is 5.07. The first-order valence-electron chi connectivity index (χ1n) is 6.70. The second-order valence-electron chi connectivity index (χ2n) is 5.09. The molecule has 1 atom stereocenters. The summed E-state index contributed by atoms with van der Waals surface area (Å²) in [7, 11) is 0. The third kappa shape index (κ3) is 2.14. The smallest absolute Gasteiger partial charge is 0.333 e. The minimum absolute atomic E-state index is 0.0565. The number of carbonyl (C=O) groups is 2. The predicted molar refractivity (Wildman–Crippen MR) is 82.1 cm³/mol. The number of aromatic hydroxyl groups is 1. The van der Waals surface area contributed by atoms with E-state index in [0.717, 1.165) is 5.39 Å². The molecule has 2 aromatic rings. The lowest BCUT2D eigenvalue weighted by molar-refractivity contribution is -0.132. The van der Waals surface area contributed by atoms with Crippen LogP contribution < -0.4 is 10.2 Å². The van der Waals surface area contributed by atoms with Crippen LogP contribution in [0.25, 0.3) is 10.8 Å². The number of nitrogens with zero attached hydrogens (tertiary/aromatic N) is 1. The number of amides is 2. The monoisotopic (exact) mass is 298 g/mol. The number of fused-ring (bicyclic) bond motifs is 1. The molecular weight excluding hydrogens is 284 g/mol. The summed E-state index contributed by atoms with van der Waals surface area (Å²) < 4.78 is 0. The van der Waals surface area contributed by atoms with E-state index in [2.05, 4.69) is 11.9 Å². The van der Waals surface area contributed by atoms with Crippen molar-refractivity contribution in [2.75, 3.05) is 11.4 Å². The summed E-state index contributed by atoms with van der Waals surface area (Å²) in [6.07, 6.45) is 0. The second-order valence-corrected chi connectivity index (χ2v) is 5.09. The van der Waals surface area contributed by atoms with Gasteiger partial charge in [0.15, 0.2) is 0 Å². The molecule has 3 rings (SSSR count). The molecule has 1 fully saturated rings. The molecule has 2 aromatic carbocycles. The Morgan fingerprint density at radius 1 is 1.23 bits per heavy atom. The molecular formula is C16H14N2O4. The molecule has 0 spiro atoms. The van der Waals surface area contributed by atoms with Crippen molar-refractivity contribution in [2.24, 2.45) is 0 Å². The number of benzene rings is 2. The van der Waals surface area contributed by atoms with Crippen molar-refractivity contribution in [3.63, 3.8) is 0 Å². The first-order chi connectivity index (χ1) is 10.5. The molecule has 0 aromatic heterocycles. The van der Waals surface area contributed by atoms with E-state index >= 15 is 0 Å². The molecule has 0 radical (unpaired) electrons. The zero-order valence-electron chi connectivity index (χ0n) is 11.6. The van der Waals surface area contributed by atoms with E-state index in [-0.39, 0.29) is 23.9 Å². The molecule has 0 bridgehead atoms. The number of aliphatic carboxylic acids is 1. The average Bonchev–Trinajstić information content (AvgIpc) is 2.88. The van der Waals surface area contributed by atoms with Crippen LogP contribution in [0.1, 0.15) is 0 Å². The maximum absolute atomic E-state index is 12.2. The van der Waals surface area contributed by atoms with E-state index in [1.165, 1.54) is 4.90 Å². The van der Waals surface area contributed by atoms with Crippen molar-refractivity contribution in [1.82, 2.24) is 5.32 Å². The Hall–Kier alpha value is -3.02. The van der Waals surface area contributed by atoms with Crippen molar-refractivity contribution < 1.29 is 19.8 Å². The number of phenols is 1. The van der Waals surface area contributed by atoms with E-state index in [0.29, 0.717) is 11.1 Å². The predicted octanol–water partition coefficient (Wildman–Crippen LogP) is 2.08. The minimum Gasteiger partial charge on any atom is -0.507 e. The highest BCUT2D eigenvalue weighted by molar-refractivity contribution is 6.06.